The molecular weight excluding hydrogens is 242 g/mol. The lowest BCUT2D eigenvalue weighted by Crippen LogP contribution is -2.06. The molecule has 1 aromatic carbocycles. The number of aliphatic hydroxyl groups is 1. The third kappa shape index (κ3) is 2.76. The van der Waals surface area contributed by atoms with Crippen LogP contribution in [0.25, 0.3) is 11.0 Å². The Labute approximate surface area is 112 Å². The van der Waals surface area contributed by atoms with Crippen molar-refractivity contribution in [2.24, 2.45) is 4.99 Å². The van der Waals surface area contributed by atoms with Gasteiger partial charge in [0.25, 0.3) is 0 Å². The van der Waals surface area contributed by atoms with E-state index >= 15 is 0 Å². The molecule has 102 valence electrons. The zero-order valence-electron chi connectivity index (χ0n) is 11.5. The largest absolute Gasteiger partial charge is 0.481 e. The molecule has 1 atom stereocenters. The average molecular weight is 261 g/mol. The monoisotopic (exact) mass is 261 g/mol. The number of aliphatic imine (C=N–C) groups is 1. The minimum absolute atomic E-state index is 0.474. The summed E-state index contributed by atoms with van der Waals surface area (Å²) in [6, 6.07) is 7.65. The van der Waals surface area contributed by atoms with Crippen LogP contribution in [0.1, 0.15) is 33.4 Å². The van der Waals surface area contributed by atoms with Crippen LogP contribution in [0.15, 0.2) is 29.3 Å². The highest BCUT2D eigenvalue weighted by atomic mass is 16.5. The molecule has 0 spiro atoms. The number of aliphatic hydroxyl groups excluding tert-OH is 1. The minimum atomic E-state index is -0.689. The van der Waals surface area contributed by atoms with Gasteiger partial charge in [0.15, 0.2) is 5.90 Å². The Morgan fingerprint density at radius 2 is 2.16 bits per heavy atom. The normalized spacial score (nSPS) is 13.8. The summed E-state index contributed by atoms with van der Waals surface area (Å²) < 4.78 is 7.14. The lowest BCUT2D eigenvalue weighted by atomic mass is 10.3. The fourth-order valence-corrected chi connectivity index (χ4v) is 1.97. The Balaban J connectivity index is 2.56. The second kappa shape index (κ2) is 5.84. The van der Waals surface area contributed by atoms with Gasteiger partial charge in [0.1, 0.15) is 6.23 Å². The highest BCUT2D eigenvalue weighted by molar-refractivity contribution is 5.82. The van der Waals surface area contributed by atoms with Crippen LogP contribution in [0.2, 0.25) is 0 Å². The van der Waals surface area contributed by atoms with E-state index in [1.807, 2.05) is 38.1 Å². The van der Waals surface area contributed by atoms with Crippen LogP contribution in [0.5, 0.6) is 0 Å². The fraction of sp³-hybridized carbons (Fsp3) is 0.429. The summed E-state index contributed by atoms with van der Waals surface area (Å²) in [5.74, 6) is 1.10. The molecule has 1 heterocycles. The Bertz CT molecular complexity index is 587. The number of para-hydroxylation sites is 2. The Morgan fingerprint density at radius 1 is 1.42 bits per heavy atom. The summed E-state index contributed by atoms with van der Waals surface area (Å²) in [6.07, 6.45) is 0.00233. The summed E-state index contributed by atoms with van der Waals surface area (Å²) in [5.41, 5.74) is 1.68. The molecule has 0 aliphatic carbocycles. The highest BCUT2D eigenvalue weighted by Gasteiger charge is 2.14. The maximum Gasteiger partial charge on any atom is 0.235 e. The van der Waals surface area contributed by atoms with Crippen molar-refractivity contribution in [1.82, 2.24) is 9.55 Å². The van der Waals surface area contributed by atoms with Crippen LogP contribution in [0, 0.1) is 0 Å². The van der Waals surface area contributed by atoms with Crippen LogP contribution < -0.4 is 0 Å². The molecule has 0 fully saturated rings. The van der Waals surface area contributed by atoms with Crippen molar-refractivity contribution in [1.29, 1.82) is 0 Å². The van der Waals surface area contributed by atoms with E-state index in [9.17, 15) is 5.11 Å². The maximum absolute atomic E-state index is 9.92. The Morgan fingerprint density at radius 3 is 2.79 bits per heavy atom. The van der Waals surface area contributed by atoms with Crippen LogP contribution in [-0.2, 0) is 4.74 Å². The van der Waals surface area contributed by atoms with Gasteiger partial charge in [-0.25, -0.2) is 4.98 Å². The molecule has 0 saturated heterocycles. The van der Waals surface area contributed by atoms with Gasteiger partial charge >= 0.3 is 0 Å². The second-order valence-electron chi connectivity index (χ2n) is 4.19. The summed E-state index contributed by atoms with van der Waals surface area (Å²) in [5, 5.41) is 9.92. The predicted molar refractivity (Wildman–Crippen MR) is 75.7 cm³/mol. The minimum Gasteiger partial charge on any atom is -0.481 e. The van der Waals surface area contributed by atoms with Crippen molar-refractivity contribution in [2.45, 2.75) is 33.4 Å². The van der Waals surface area contributed by atoms with Gasteiger partial charge in [-0.15, -0.1) is 0 Å². The fourth-order valence-electron chi connectivity index (χ4n) is 1.97. The van der Waals surface area contributed by atoms with Gasteiger partial charge in [0, 0.05) is 6.42 Å². The topological polar surface area (TPSA) is 59.6 Å². The number of hydrogen-bond acceptors (Lipinski definition) is 4. The first-order valence-corrected chi connectivity index (χ1v) is 6.52. The molecule has 19 heavy (non-hydrogen) atoms. The summed E-state index contributed by atoms with van der Waals surface area (Å²) in [7, 11) is 0. The van der Waals surface area contributed by atoms with E-state index in [0.717, 1.165) is 11.0 Å². The van der Waals surface area contributed by atoms with E-state index in [2.05, 4.69) is 9.98 Å². The number of aromatic nitrogens is 2. The smallest absolute Gasteiger partial charge is 0.235 e. The molecule has 2 aromatic rings. The van der Waals surface area contributed by atoms with Crippen molar-refractivity contribution in [3.63, 3.8) is 0 Å². The molecule has 0 aliphatic heterocycles. The number of hydrogen-bond donors (Lipinski definition) is 1. The van der Waals surface area contributed by atoms with Gasteiger partial charge in [-0.2, -0.15) is 4.99 Å². The van der Waals surface area contributed by atoms with Crippen LogP contribution in [0.4, 0.5) is 5.95 Å². The second-order valence-corrected chi connectivity index (χ2v) is 4.19. The molecule has 1 unspecified atom stereocenters. The third-order valence-corrected chi connectivity index (χ3v) is 2.79. The van der Waals surface area contributed by atoms with Gasteiger partial charge in [0.05, 0.1) is 17.6 Å². The number of imidazole rings is 1. The maximum atomic E-state index is 9.92. The zero-order valence-corrected chi connectivity index (χ0v) is 11.5. The van der Waals surface area contributed by atoms with Gasteiger partial charge in [-0.05, 0) is 26.0 Å². The van der Waals surface area contributed by atoms with Crippen LogP contribution in [-0.4, -0.2) is 27.2 Å². The third-order valence-electron chi connectivity index (χ3n) is 2.79. The summed E-state index contributed by atoms with van der Waals surface area (Å²) >= 11 is 0. The Hall–Kier alpha value is -1.88. The first kappa shape index (κ1) is 13.5. The van der Waals surface area contributed by atoms with Crippen molar-refractivity contribution < 1.29 is 9.84 Å². The molecule has 0 amide bonds. The van der Waals surface area contributed by atoms with E-state index in [0.29, 0.717) is 24.9 Å². The SMILES string of the molecule is CCO/C(CC)=N/c1nc2ccccc2n1C(C)O. The molecule has 0 saturated carbocycles. The number of nitrogens with zero attached hydrogens (tertiary/aromatic N) is 3. The van der Waals surface area contributed by atoms with E-state index < -0.39 is 6.23 Å². The van der Waals surface area contributed by atoms with E-state index in [-0.39, 0.29) is 0 Å². The van der Waals surface area contributed by atoms with E-state index in [4.69, 9.17) is 4.74 Å². The first-order chi connectivity index (χ1) is 9.17. The first-order valence-electron chi connectivity index (χ1n) is 6.52. The Kier molecular flexibility index (Phi) is 4.16. The number of ether oxygens (including phenoxy) is 1. The van der Waals surface area contributed by atoms with E-state index in [1.54, 1.807) is 11.5 Å². The van der Waals surface area contributed by atoms with Crippen LogP contribution in [0.3, 0.4) is 0 Å². The van der Waals surface area contributed by atoms with Gasteiger partial charge in [-0.1, -0.05) is 19.1 Å². The molecule has 0 radical (unpaired) electrons. The van der Waals surface area contributed by atoms with Crippen molar-refractivity contribution in [2.75, 3.05) is 6.61 Å². The molecule has 5 heteroatoms. The molecule has 2 rings (SSSR count). The zero-order chi connectivity index (χ0) is 13.8. The number of rotatable bonds is 4. The van der Waals surface area contributed by atoms with E-state index in [1.165, 1.54) is 0 Å². The molecule has 1 N–H and O–H groups in total. The van der Waals surface area contributed by atoms with Crippen LogP contribution >= 0.6 is 0 Å². The standard InChI is InChI=1S/C14H19N3O2/c1-4-13(19-5-2)16-14-15-11-8-6-7-9-12(11)17(14)10(3)18/h6-10,18H,4-5H2,1-3H3/b16-13+. The molecular formula is C14H19N3O2. The van der Waals surface area contributed by atoms with Gasteiger partial charge in [-0.3, -0.25) is 4.57 Å². The van der Waals surface area contributed by atoms with Crippen molar-refractivity contribution >= 4 is 22.9 Å². The van der Waals surface area contributed by atoms with Gasteiger partial charge < -0.3 is 9.84 Å². The van der Waals surface area contributed by atoms with Crippen molar-refractivity contribution in [3.8, 4) is 0 Å². The molecule has 5 nitrogen and oxygen atoms in total. The van der Waals surface area contributed by atoms with Gasteiger partial charge in [0.2, 0.25) is 5.95 Å². The molecule has 0 bridgehead atoms. The average Bonchev–Trinajstić information content (AvgIpc) is 2.76. The quantitative estimate of drug-likeness (QED) is 0.679. The highest BCUT2D eigenvalue weighted by Crippen LogP contribution is 2.25. The number of benzene rings is 1. The number of fused-ring (bicyclic) bond motifs is 1. The summed E-state index contributed by atoms with van der Waals surface area (Å²) in [6.45, 7) is 6.16. The lowest BCUT2D eigenvalue weighted by Gasteiger charge is -2.10. The van der Waals surface area contributed by atoms with Crippen molar-refractivity contribution in [3.05, 3.63) is 24.3 Å². The summed E-state index contributed by atoms with van der Waals surface area (Å²) in [4.78, 5) is 8.85. The lowest BCUT2D eigenvalue weighted by molar-refractivity contribution is 0.130. The predicted octanol–water partition coefficient (Wildman–Crippen LogP) is 3.02. The molecule has 1 aromatic heterocycles. The molecule has 0 aliphatic rings.